The highest BCUT2D eigenvalue weighted by Crippen LogP contribution is 2.13. The highest BCUT2D eigenvalue weighted by Gasteiger charge is 2.06. The van der Waals surface area contributed by atoms with Crippen molar-refractivity contribution in [3.05, 3.63) is 53.1 Å². The molecule has 0 radical (unpaired) electrons. The van der Waals surface area contributed by atoms with Crippen LogP contribution in [0.2, 0.25) is 0 Å². The van der Waals surface area contributed by atoms with Crippen LogP contribution >= 0.6 is 0 Å². The van der Waals surface area contributed by atoms with Gasteiger partial charge in [-0.25, -0.2) is 4.79 Å². The summed E-state index contributed by atoms with van der Waals surface area (Å²) in [5.41, 5.74) is 1.08. The second-order valence-corrected chi connectivity index (χ2v) is 4.44. The molecule has 0 saturated carbocycles. The fraction of sp³-hybridized carbons (Fsp3) is 0.267. The van der Waals surface area contributed by atoms with Crippen LogP contribution in [0.3, 0.4) is 0 Å². The molecule has 1 amide bonds. The van der Waals surface area contributed by atoms with Gasteiger partial charge < -0.3 is 5.32 Å². The Morgan fingerprint density at radius 1 is 1.25 bits per heavy atom. The van der Waals surface area contributed by atoms with Gasteiger partial charge in [0, 0.05) is 18.3 Å². The largest absolute Gasteiger partial charge is 0.355 e. The first kappa shape index (κ1) is 14.0. The molecule has 0 bridgehead atoms. The molecule has 104 valence electrons. The van der Waals surface area contributed by atoms with Crippen LogP contribution in [0, 0.1) is 0 Å². The number of nitrogens with one attached hydrogen (secondary N) is 1. The van der Waals surface area contributed by atoms with Gasteiger partial charge in [0.2, 0.25) is 5.91 Å². The average Bonchev–Trinajstić information content (AvgIpc) is 2.48. The van der Waals surface area contributed by atoms with Crippen LogP contribution in [0.25, 0.3) is 11.3 Å². The van der Waals surface area contributed by atoms with Crippen LogP contribution < -0.4 is 11.0 Å². The fourth-order valence-corrected chi connectivity index (χ4v) is 1.79. The molecule has 1 aromatic carbocycles. The molecular formula is C15H17N3O2. The highest BCUT2D eigenvalue weighted by atomic mass is 16.2. The van der Waals surface area contributed by atoms with E-state index in [0.29, 0.717) is 12.2 Å². The molecule has 0 saturated heterocycles. The van der Waals surface area contributed by atoms with Crippen molar-refractivity contribution >= 4 is 5.91 Å². The lowest BCUT2D eigenvalue weighted by atomic mass is 10.1. The molecule has 1 N–H and O–H groups in total. The standard InChI is InChI=1S/C15H17N3O2/c1-2-9-16-14(19)11-18-10-8-13(17-15(18)20)12-6-4-3-5-7-12/h3-8,10H,2,9,11H2,1H3,(H,16,19). The van der Waals surface area contributed by atoms with Crippen molar-refractivity contribution in [3.8, 4) is 11.3 Å². The zero-order chi connectivity index (χ0) is 14.4. The molecule has 0 aliphatic heterocycles. The SMILES string of the molecule is CCCNC(=O)Cn1ccc(-c2ccccc2)nc1=O. The molecule has 5 heteroatoms. The van der Waals surface area contributed by atoms with Crippen molar-refractivity contribution in [2.24, 2.45) is 0 Å². The third-order valence-electron chi connectivity index (χ3n) is 2.83. The smallest absolute Gasteiger partial charge is 0.348 e. The zero-order valence-corrected chi connectivity index (χ0v) is 11.4. The minimum atomic E-state index is -0.419. The number of nitrogens with zero attached hydrogens (tertiary/aromatic N) is 2. The molecule has 1 heterocycles. The molecule has 0 unspecified atom stereocenters. The molecule has 0 aliphatic carbocycles. The number of carbonyl (C=O) groups is 1. The van der Waals surface area contributed by atoms with Gasteiger partial charge in [-0.3, -0.25) is 9.36 Å². The van der Waals surface area contributed by atoms with Gasteiger partial charge in [0.05, 0.1) is 5.69 Å². The second kappa shape index (κ2) is 6.65. The fourth-order valence-electron chi connectivity index (χ4n) is 1.79. The highest BCUT2D eigenvalue weighted by molar-refractivity contribution is 5.75. The Morgan fingerprint density at radius 2 is 2.00 bits per heavy atom. The van der Waals surface area contributed by atoms with E-state index in [-0.39, 0.29) is 12.5 Å². The van der Waals surface area contributed by atoms with Crippen molar-refractivity contribution in [1.29, 1.82) is 0 Å². The monoisotopic (exact) mass is 271 g/mol. The average molecular weight is 271 g/mol. The van der Waals surface area contributed by atoms with E-state index in [1.54, 1.807) is 12.3 Å². The van der Waals surface area contributed by atoms with Crippen molar-refractivity contribution in [1.82, 2.24) is 14.9 Å². The third-order valence-corrected chi connectivity index (χ3v) is 2.83. The van der Waals surface area contributed by atoms with Crippen LogP contribution in [-0.2, 0) is 11.3 Å². The predicted molar refractivity (Wildman–Crippen MR) is 77.2 cm³/mol. The summed E-state index contributed by atoms with van der Waals surface area (Å²) in [7, 11) is 0. The molecule has 0 spiro atoms. The van der Waals surface area contributed by atoms with Gasteiger partial charge in [-0.15, -0.1) is 0 Å². The minimum absolute atomic E-state index is 0.000896. The second-order valence-electron chi connectivity index (χ2n) is 4.44. The summed E-state index contributed by atoms with van der Waals surface area (Å²) in [6.07, 6.45) is 2.47. The van der Waals surface area contributed by atoms with Crippen molar-refractivity contribution in [2.45, 2.75) is 19.9 Å². The van der Waals surface area contributed by atoms with Crippen LogP contribution in [0.5, 0.6) is 0 Å². The summed E-state index contributed by atoms with van der Waals surface area (Å²) in [6.45, 7) is 2.59. The van der Waals surface area contributed by atoms with Crippen LogP contribution in [0.15, 0.2) is 47.4 Å². The van der Waals surface area contributed by atoms with Crippen LogP contribution in [-0.4, -0.2) is 22.0 Å². The van der Waals surface area contributed by atoms with E-state index in [4.69, 9.17) is 0 Å². The lowest BCUT2D eigenvalue weighted by Gasteiger charge is -2.07. The Labute approximate surface area is 117 Å². The Kier molecular flexibility index (Phi) is 4.65. The Morgan fingerprint density at radius 3 is 2.65 bits per heavy atom. The Bertz CT molecular complexity index is 635. The van der Waals surface area contributed by atoms with Crippen LogP contribution in [0.1, 0.15) is 13.3 Å². The zero-order valence-electron chi connectivity index (χ0n) is 11.4. The Balaban J connectivity index is 2.15. The summed E-state index contributed by atoms with van der Waals surface area (Å²) < 4.78 is 1.30. The summed E-state index contributed by atoms with van der Waals surface area (Å²) in [5, 5.41) is 2.73. The number of hydrogen-bond acceptors (Lipinski definition) is 3. The number of hydrogen-bond donors (Lipinski definition) is 1. The lowest BCUT2D eigenvalue weighted by molar-refractivity contribution is -0.121. The maximum Gasteiger partial charge on any atom is 0.348 e. The number of benzene rings is 1. The maximum atomic E-state index is 11.9. The number of aromatic nitrogens is 2. The molecular weight excluding hydrogens is 254 g/mol. The van der Waals surface area contributed by atoms with E-state index >= 15 is 0 Å². The third kappa shape index (κ3) is 3.54. The van der Waals surface area contributed by atoms with Crippen molar-refractivity contribution in [2.75, 3.05) is 6.54 Å². The molecule has 0 aliphatic rings. The molecule has 2 aromatic rings. The molecule has 0 fully saturated rings. The first-order valence-corrected chi connectivity index (χ1v) is 6.60. The lowest BCUT2D eigenvalue weighted by Crippen LogP contribution is -2.33. The molecule has 5 nitrogen and oxygen atoms in total. The number of rotatable bonds is 5. The van der Waals surface area contributed by atoms with Gasteiger partial charge in [-0.2, -0.15) is 4.98 Å². The minimum Gasteiger partial charge on any atom is -0.355 e. The maximum absolute atomic E-state index is 11.9. The van der Waals surface area contributed by atoms with E-state index < -0.39 is 5.69 Å². The predicted octanol–water partition coefficient (Wildman–Crippen LogP) is 1.44. The summed E-state index contributed by atoms with van der Waals surface area (Å²) in [4.78, 5) is 27.5. The van der Waals surface area contributed by atoms with Gasteiger partial charge >= 0.3 is 5.69 Å². The summed E-state index contributed by atoms with van der Waals surface area (Å²) in [5.74, 6) is -0.178. The van der Waals surface area contributed by atoms with Gasteiger partial charge in [-0.1, -0.05) is 37.3 Å². The normalized spacial score (nSPS) is 10.2. The van der Waals surface area contributed by atoms with Gasteiger partial charge in [-0.05, 0) is 12.5 Å². The number of amides is 1. The van der Waals surface area contributed by atoms with Gasteiger partial charge in [0.15, 0.2) is 0 Å². The first-order chi connectivity index (χ1) is 9.70. The Hall–Kier alpha value is -2.43. The van der Waals surface area contributed by atoms with Gasteiger partial charge in [0.25, 0.3) is 0 Å². The molecule has 20 heavy (non-hydrogen) atoms. The van der Waals surface area contributed by atoms with E-state index in [0.717, 1.165) is 12.0 Å². The van der Waals surface area contributed by atoms with Crippen molar-refractivity contribution < 1.29 is 4.79 Å². The number of carbonyl (C=O) groups excluding carboxylic acids is 1. The van der Waals surface area contributed by atoms with Crippen molar-refractivity contribution in [3.63, 3.8) is 0 Å². The first-order valence-electron chi connectivity index (χ1n) is 6.60. The van der Waals surface area contributed by atoms with E-state index in [2.05, 4.69) is 10.3 Å². The topological polar surface area (TPSA) is 64.0 Å². The van der Waals surface area contributed by atoms with E-state index in [1.807, 2.05) is 37.3 Å². The van der Waals surface area contributed by atoms with Gasteiger partial charge in [0.1, 0.15) is 6.54 Å². The molecule has 2 rings (SSSR count). The van der Waals surface area contributed by atoms with Crippen LogP contribution in [0.4, 0.5) is 0 Å². The molecule has 1 aromatic heterocycles. The summed E-state index contributed by atoms with van der Waals surface area (Å²) in [6, 6.07) is 11.2. The summed E-state index contributed by atoms with van der Waals surface area (Å²) >= 11 is 0. The van der Waals surface area contributed by atoms with E-state index in [9.17, 15) is 9.59 Å². The van der Waals surface area contributed by atoms with E-state index in [1.165, 1.54) is 4.57 Å². The molecule has 0 atom stereocenters. The quantitative estimate of drug-likeness (QED) is 0.895.